The molecular weight excluding hydrogens is 288 g/mol. The lowest BCUT2D eigenvalue weighted by Gasteiger charge is -2.41. The number of benzene rings is 1. The number of halogens is 1. The smallest absolute Gasteiger partial charge is 0.250 e. The minimum absolute atomic E-state index is 0.00174. The molecule has 2 unspecified atom stereocenters. The second-order valence-corrected chi connectivity index (χ2v) is 6.63. The molecule has 21 heavy (non-hydrogen) atoms. The molecule has 1 heterocycles. The SMILES string of the molecule is CC(C)C1C(=O)NC(C2CC2)C(=O)N1c1ccc(Cl)cc1. The molecule has 1 aliphatic heterocycles. The molecule has 0 radical (unpaired) electrons. The molecule has 0 aromatic heterocycles. The first-order valence-electron chi connectivity index (χ1n) is 7.38. The molecule has 1 N–H and O–H groups in total. The molecule has 2 atom stereocenters. The molecule has 5 heteroatoms. The lowest BCUT2D eigenvalue weighted by molar-refractivity contribution is -0.135. The molecule has 2 amide bonds. The first kappa shape index (κ1) is 14.4. The van der Waals surface area contributed by atoms with Gasteiger partial charge in [-0.3, -0.25) is 14.5 Å². The Kier molecular flexibility index (Phi) is 3.66. The molecule has 4 nitrogen and oxygen atoms in total. The second-order valence-electron chi connectivity index (χ2n) is 6.20. The van der Waals surface area contributed by atoms with Gasteiger partial charge in [0, 0.05) is 10.7 Å². The van der Waals surface area contributed by atoms with E-state index in [1.807, 2.05) is 13.8 Å². The summed E-state index contributed by atoms with van der Waals surface area (Å²) < 4.78 is 0. The number of carbonyl (C=O) groups excluding carboxylic acids is 2. The summed E-state index contributed by atoms with van der Waals surface area (Å²) in [4.78, 5) is 26.9. The lowest BCUT2D eigenvalue weighted by Crippen LogP contribution is -2.65. The van der Waals surface area contributed by atoms with Crippen LogP contribution in [-0.4, -0.2) is 23.9 Å². The van der Waals surface area contributed by atoms with Crippen molar-refractivity contribution in [1.29, 1.82) is 0 Å². The number of nitrogens with one attached hydrogen (secondary N) is 1. The minimum Gasteiger partial charge on any atom is -0.342 e. The standard InChI is InChI=1S/C16H19ClN2O2/c1-9(2)14-15(20)18-13(10-3-4-10)16(21)19(14)12-7-5-11(17)6-8-12/h5-10,13-14H,3-4H2,1-2H3,(H,18,20). The highest BCUT2D eigenvalue weighted by Gasteiger charge is 2.48. The summed E-state index contributed by atoms with van der Waals surface area (Å²) in [7, 11) is 0. The van der Waals surface area contributed by atoms with Gasteiger partial charge in [-0.1, -0.05) is 25.4 Å². The molecule has 112 valence electrons. The van der Waals surface area contributed by atoms with E-state index in [4.69, 9.17) is 11.6 Å². The zero-order chi connectivity index (χ0) is 15.1. The van der Waals surface area contributed by atoms with E-state index in [1.54, 1.807) is 29.2 Å². The Labute approximate surface area is 129 Å². The van der Waals surface area contributed by atoms with Crippen molar-refractivity contribution in [1.82, 2.24) is 5.32 Å². The molecule has 1 saturated heterocycles. The Morgan fingerprint density at radius 2 is 1.81 bits per heavy atom. The molecule has 1 aromatic rings. The Morgan fingerprint density at radius 3 is 2.33 bits per heavy atom. The lowest BCUT2D eigenvalue weighted by atomic mass is 9.95. The largest absolute Gasteiger partial charge is 0.342 e. The molecule has 1 aromatic carbocycles. The van der Waals surface area contributed by atoms with Crippen LogP contribution in [0.2, 0.25) is 5.02 Å². The van der Waals surface area contributed by atoms with Crippen molar-refractivity contribution in [2.24, 2.45) is 11.8 Å². The molecule has 1 saturated carbocycles. The molecule has 2 fully saturated rings. The predicted molar refractivity (Wildman–Crippen MR) is 82.2 cm³/mol. The summed E-state index contributed by atoms with van der Waals surface area (Å²) in [5.41, 5.74) is 0.739. The van der Waals surface area contributed by atoms with Crippen LogP contribution < -0.4 is 10.2 Å². The summed E-state index contributed by atoms with van der Waals surface area (Å²) in [6, 6.07) is 6.27. The maximum Gasteiger partial charge on any atom is 0.250 e. The van der Waals surface area contributed by atoms with Gasteiger partial charge in [-0.25, -0.2) is 0 Å². The highest BCUT2D eigenvalue weighted by molar-refractivity contribution is 6.30. The number of amides is 2. The Hall–Kier alpha value is -1.55. The summed E-state index contributed by atoms with van der Waals surface area (Å²) in [6.07, 6.45) is 2.02. The van der Waals surface area contributed by atoms with Gasteiger partial charge in [-0.2, -0.15) is 0 Å². The summed E-state index contributed by atoms with van der Waals surface area (Å²) in [6.45, 7) is 3.91. The van der Waals surface area contributed by atoms with Gasteiger partial charge in [0.05, 0.1) is 0 Å². The fraction of sp³-hybridized carbons (Fsp3) is 0.500. The zero-order valence-corrected chi connectivity index (χ0v) is 12.9. The van der Waals surface area contributed by atoms with Crippen LogP contribution in [0.4, 0.5) is 5.69 Å². The van der Waals surface area contributed by atoms with Gasteiger partial charge in [0.1, 0.15) is 12.1 Å². The van der Waals surface area contributed by atoms with E-state index < -0.39 is 6.04 Å². The van der Waals surface area contributed by atoms with E-state index >= 15 is 0 Å². The molecular formula is C16H19ClN2O2. The fourth-order valence-corrected chi connectivity index (χ4v) is 3.07. The van der Waals surface area contributed by atoms with Crippen molar-refractivity contribution in [2.75, 3.05) is 4.90 Å². The third-order valence-corrected chi connectivity index (χ3v) is 4.43. The predicted octanol–water partition coefficient (Wildman–Crippen LogP) is 2.61. The highest BCUT2D eigenvalue weighted by atomic mass is 35.5. The number of piperazine rings is 1. The number of nitrogens with zero attached hydrogens (tertiary/aromatic N) is 1. The van der Waals surface area contributed by atoms with Crippen molar-refractivity contribution in [3.63, 3.8) is 0 Å². The maximum atomic E-state index is 12.8. The summed E-state index contributed by atoms with van der Waals surface area (Å²) in [5, 5.41) is 3.53. The van der Waals surface area contributed by atoms with E-state index in [0.29, 0.717) is 10.9 Å². The van der Waals surface area contributed by atoms with Gasteiger partial charge < -0.3 is 5.32 Å². The van der Waals surface area contributed by atoms with Gasteiger partial charge in [0.2, 0.25) is 5.91 Å². The monoisotopic (exact) mass is 306 g/mol. The normalized spacial score (nSPS) is 26.2. The van der Waals surface area contributed by atoms with Gasteiger partial charge in [0.25, 0.3) is 5.91 Å². The topological polar surface area (TPSA) is 49.4 Å². The highest BCUT2D eigenvalue weighted by Crippen LogP contribution is 2.37. The average Bonchev–Trinajstić information content (AvgIpc) is 3.25. The van der Waals surface area contributed by atoms with Crippen LogP contribution in [-0.2, 0) is 9.59 Å². The van der Waals surface area contributed by atoms with Crippen LogP contribution in [0.1, 0.15) is 26.7 Å². The van der Waals surface area contributed by atoms with E-state index in [2.05, 4.69) is 5.32 Å². The van der Waals surface area contributed by atoms with Crippen LogP contribution in [0.25, 0.3) is 0 Å². The number of anilines is 1. The van der Waals surface area contributed by atoms with Crippen molar-refractivity contribution in [2.45, 2.75) is 38.8 Å². The number of rotatable bonds is 3. The number of hydrogen-bond acceptors (Lipinski definition) is 2. The maximum absolute atomic E-state index is 12.8. The van der Waals surface area contributed by atoms with Crippen molar-refractivity contribution >= 4 is 29.1 Å². The molecule has 0 bridgehead atoms. The fourth-order valence-electron chi connectivity index (χ4n) is 2.94. The molecule has 0 spiro atoms. The van der Waals surface area contributed by atoms with Crippen molar-refractivity contribution < 1.29 is 9.59 Å². The summed E-state index contributed by atoms with van der Waals surface area (Å²) in [5.74, 6) is 0.281. The zero-order valence-electron chi connectivity index (χ0n) is 12.2. The first-order chi connectivity index (χ1) is 9.99. The van der Waals surface area contributed by atoms with Crippen LogP contribution in [0.15, 0.2) is 24.3 Å². The summed E-state index contributed by atoms with van der Waals surface area (Å²) >= 11 is 5.92. The Morgan fingerprint density at radius 1 is 1.19 bits per heavy atom. The van der Waals surface area contributed by atoms with Crippen LogP contribution in [0.5, 0.6) is 0 Å². The number of hydrogen-bond donors (Lipinski definition) is 1. The van der Waals surface area contributed by atoms with Gasteiger partial charge in [-0.05, 0) is 48.9 Å². The van der Waals surface area contributed by atoms with E-state index in [0.717, 1.165) is 18.5 Å². The van der Waals surface area contributed by atoms with E-state index in [1.165, 1.54) is 0 Å². The van der Waals surface area contributed by atoms with Gasteiger partial charge in [-0.15, -0.1) is 0 Å². The van der Waals surface area contributed by atoms with Crippen LogP contribution >= 0.6 is 11.6 Å². The third kappa shape index (κ3) is 2.64. The quantitative estimate of drug-likeness (QED) is 0.933. The van der Waals surface area contributed by atoms with E-state index in [9.17, 15) is 9.59 Å². The number of carbonyl (C=O) groups is 2. The second kappa shape index (κ2) is 5.34. The van der Waals surface area contributed by atoms with Crippen LogP contribution in [0, 0.1) is 11.8 Å². The van der Waals surface area contributed by atoms with Gasteiger partial charge in [0.15, 0.2) is 0 Å². The molecule has 1 aliphatic carbocycles. The van der Waals surface area contributed by atoms with Crippen molar-refractivity contribution in [3.8, 4) is 0 Å². The Bertz CT molecular complexity index is 566. The minimum atomic E-state index is -0.464. The van der Waals surface area contributed by atoms with Gasteiger partial charge >= 0.3 is 0 Å². The van der Waals surface area contributed by atoms with E-state index in [-0.39, 0.29) is 23.8 Å². The van der Waals surface area contributed by atoms with Crippen LogP contribution in [0.3, 0.4) is 0 Å². The average molecular weight is 307 g/mol. The third-order valence-electron chi connectivity index (χ3n) is 4.18. The van der Waals surface area contributed by atoms with Crippen molar-refractivity contribution in [3.05, 3.63) is 29.3 Å². The first-order valence-corrected chi connectivity index (χ1v) is 7.76. The molecule has 2 aliphatic rings. The molecule has 3 rings (SSSR count). The Balaban J connectivity index is 1.99.